The van der Waals surface area contributed by atoms with Gasteiger partial charge in [0.25, 0.3) is 0 Å². The first-order valence-corrected chi connectivity index (χ1v) is 10.7. The van der Waals surface area contributed by atoms with E-state index in [0.29, 0.717) is 0 Å². The minimum atomic E-state index is -0.0372. The largest absolute Gasteiger partial charge is 0.353 e. The fourth-order valence-corrected chi connectivity index (χ4v) is 4.24. The third-order valence-electron chi connectivity index (χ3n) is 3.83. The van der Waals surface area contributed by atoms with Crippen molar-refractivity contribution in [1.29, 1.82) is 0 Å². The van der Waals surface area contributed by atoms with Gasteiger partial charge in [0.2, 0.25) is 0 Å². The van der Waals surface area contributed by atoms with Crippen LogP contribution < -0.4 is 0 Å². The van der Waals surface area contributed by atoms with Gasteiger partial charge in [0.1, 0.15) is 0 Å². The molecule has 1 aromatic carbocycles. The number of aryl methyl sites for hydroxylation is 1. The smallest absolute Gasteiger partial charge is 0.154 e. The van der Waals surface area contributed by atoms with Gasteiger partial charge in [-0.3, -0.25) is 0 Å². The normalized spacial score (nSPS) is 11.6. The molecule has 1 rings (SSSR count). The molecular formula is C19H32O2Si. The molecule has 0 N–H and O–H groups in total. The second kappa shape index (κ2) is 12.6. The minimum absolute atomic E-state index is 0.0372. The standard InChI is InChI=1S/C19H32O2Si/c1-4-17-11-13-18(14-12-17)10-8-7-9-15-22-16-19(20-5-2)21-6-3/h4,11-14,19H,1,5-10,15-16,22H2,2-3H3. The number of hydrogen-bond acceptors (Lipinski definition) is 2. The quantitative estimate of drug-likeness (QED) is 0.304. The average molecular weight is 321 g/mol. The van der Waals surface area contributed by atoms with Crippen molar-refractivity contribution in [2.75, 3.05) is 13.2 Å². The van der Waals surface area contributed by atoms with E-state index in [4.69, 9.17) is 9.47 Å². The summed E-state index contributed by atoms with van der Waals surface area (Å²) in [5, 5.41) is 0. The molecule has 1 aromatic rings. The van der Waals surface area contributed by atoms with Crippen LogP contribution in [0, 0.1) is 0 Å². The van der Waals surface area contributed by atoms with Crippen molar-refractivity contribution in [2.45, 2.75) is 57.9 Å². The first kappa shape index (κ1) is 19.1. The van der Waals surface area contributed by atoms with Crippen LogP contribution in [0.3, 0.4) is 0 Å². The van der Waals surface area contributed by atoms with Gasteiger partial charge in [0.15, 0.2) is 6.29 Å². The van der Waals surface area contributed by atoms with E-state index in [0.717, 1.165) is 19.3 Å². The molecule has 0 atom stereocenters. The summed E-state index contributed by atoms with van der Waals surface area (Å²) in [7, 11) is -0.0372. The summed E-state index contributed by atoms with van der Waals surface area (Å²) < 4.78 is 11.2. The third kappa shape index (κ3) is 8.52. The molecule has 0 unspecified atom stereocenters. The first-order valence-electron chi connectivity index (χ1n) is 8.74. The lowest BCUT2D eigenvalue weighted by Gasteiger charge is -2.16. The highest BCUT2D eigenvalue weighted by Gasteiger charge is 2.07. The van der Waals surface area contributed by atoms with Crippen LogP contribution in [0.15, 0.2) is 30.8 Å². The molecule has 0 saturated heterocycles. The Morgan fingerprint density at radius 1 is 1.05 bits per heavy atom. The van der Waals surface area contributed by atoms with E-state index in [2.05, 4.69) is 30.8 Å². The highest BCUT2D eigenvalue weighted by Crippen LogP contribution is 2.11. The summed E-state index contributed by atoms with van der Waals surface area (Å²) in [6, 6.07) is 11.3. The molecule has 0 heterocycles. The molecule has 0 saturated carbocycles. The van der Waals surface area contributed by atoms with Gasteiger partial charge < -0.3 is 9.47 Å². The van der Waals surface area contributed by atoms with Crippen molar-refractivity contribution in [3.05, 3.63) is 42.0 Å². The Bertz CT molecular complexity index is 383. The molecule has 0 aliphatic rings. The summed E-state index contributed by atoms with van der Waals surface area (Å²) >= 11 is 0. The SMILES string of the molecule is C=Cc1ccc(CCCCC[SiH2]CC(OCC)OCC)cc1. The molecule has 124 valence electrons. The van der Waals surface area contributed by atoms with Crippen LogP contribution in [0.2, 0.25) is 12.1 Å². The maximum absolute atomic E-state index is 5.59. The van der Waals surface area contributed by atoms with E-state index in [-0.39, 0.29) is 15.8 Å². The maximum atomic E-state index is 5.59. The Kier molecular flexibility index (Phi) is 11.0. The molecule has 0 aliphatic carbocycles. The van der Waals surface area contributed by atoms with Crippen LogP contribution in [-0.4, -0.2) is 29.0 Å². The van der Waals surface area contributed by atoms with E-state index in [1.807, 2.05) is 19.9 Å². The monoisotopic (exact) mass is 320 g/mol. The van der Waals surface area contributed by atoms with Crippen molar-refractivity contribution < 1.29 is 9.47 Å². The van der Waals surface area contributed by atoms with Crippen molar-refractivity contribution in [3.63, 3.8) is 0 Å². The van der Waals surface area contributed by atoms with E-state index < -0.39 is 0 Å². The lowest BCUT2D eigenvalue weighted by atomic mass is 10.1. The Hall–Kier alpha value is -0.903. The number of rotatable bonds is 13. The van der Waals surface area contributed by atoms with E-state index in [9.17, 15) is 0 Å². The molecule has 0 bridgehead atoms. The van der Waals surface area contributed by atoms with Gasteiger partial charge in [-0.25, -0.2) is 0 Å². The second-order valence-electron chi connectivity index (χ2n) is 5.59. The zero-order chi connectivity index (χ0) is 16.0. The van der Waals surface area contributed by atoms with E-state index in [1.54, 1.807) is 0 Å². The van der Waals surface area contributed by atoms with Crippen LogP contribution in [0.5, 0.6) is 0 Å². The van der Waals surface area contributed by atoms with Crippen molar-refractivity contribution >= 4 is 15.6 Å². The van der Waals surface area contributed by atoms with E-state index >= 15 is 0 Å². The third-order valence-corrected chi connectivity index (χ3v) is 5.71. The molecule has 2 nitrogen and oxygen atoms in total. The zero-order valence-electron chi connectivity index (χ0n) is 14.4. The summed E-state index contributed by atoms with van der Waals surface area (Å²) in [4.78, 5) is 0. The average Bonchev–Trinajstić information content (AvgIpc) is 2.55. The molecule has 0 fully saturated rings. The number of ether oxygens (including phenoxy) is 2. The highest BCUT2D eigenvalue weighted by molar-refractivity contribution is 6.35. The Labute approximate surface area is 138 Å². The molecule has 3 heteroatoms. The minimum Gasteiger partial charge on any atom is -0.353 e. The second-order valence-corrected chi connectivity index (χ2v) is 7.58. The topological polar surface area (TPSA) is 18.5 Å². The van der Waals surface area contributed by atoms with Crippen molar-refractivity contribution in [2.24, 2.45) is 0 Å². The Morgan fingerprint density at radius 3 is 2.32 bits per heavy atom. The van der Waals surface area contributed by atoms with Crippen LogP contribution in [0.1, 0.15) is 44.2 Å². The first-order chi connectivity index (χ1) is 10.8. The van der Waals surface area contributed by atoms with Gasteiger partial charge in [0, 0.05) is 22.7 Å². The van der Waals surface area contributed by atoms with Gasteiger partial charge >= 0.3 is 0 Å². The summed E-state index contributed by atoms with van der Waals surface area (Å²) in [5.74, 6) is 0. The molecule has 0 aromatic heterocycles. The van der Waals surface area contributed by atoms with Gasteiger partial charge in [-0.05, 0) is 43.9 Å². The van der Waals surface area contributed by atoms with Gasteiger partial charge in [-0.2, -0.15) is 0 Å². The molecule has 22 heavy (non-hydrogen) atoms. The van der Waals surface area contributed by atoms with Crippen LogP contribution in [0.4, 0.5) is 0 Å². The van der Waals surface area contributed by atoms with Gasteiger partial charge in [-0.15, -0.1) is 0 Å². The van der Waals surface area contributed by atoms with Crippen LogP contribution >= 0.6 is 0 Å². The molecule has 0 radical (unpaired) electrons. The molecule has 0 amide bonds. The van der Waals surface area contributed by atoms with Gasteiger partial charge in [0.05, 0.1) is 0 Å². The highest BCUT2D eigenvalue weighted by atomic mass is 28.2. The lowest BCUT2D eigenvalue weighted by Crippen LogP contribution is -2.18. The lowest BCUT2D eigenvalue weighted by molar-refractivity contribution is -0.123. The van der Waals surface area contributed by atoms with Crippen molar-refractivity contribution in [1.82, 2.24) is 0 Å². The number of unbranched alkanes of at least 4 members (excludes halogenated alkanes) is 2. The summed E-state index contributed by atoms with van der Waals surface area (Å²) in [6.07, 6.45) is 7.14. The maximum Gasteiger partial charge on any atom is 0.154 e. The predicted octanol–water partition coefficient (Wildman–Crippen LogP) is 4.45. The predicted molar refractivity (Wildman–Crippen MR) is 99.3 cm³/mol. The fourth-order valence-electron chi connectivity index (χ4n) is 2.58. The van der Waals surface area contributed by atoms with Crippen LogP contribution in [-0.2, 0) is 15.9 Å². The number of hydrogen-bond donors (Lipinski definition) is 0. The summed E-state index contributed by atoms with van der Waals surface area (Å²) in [5.41, 5.74) is 2.64. The van der Waals surface area contributed by atoms with Crippen molar-refractivity contribution in [3.8, 4) is 0 Å². The van der Waals surface area contributed by atoms with Gasteiger partial charge in [-0.1, -0.05) is 55.8 Å². The van der Waals surface area contributed by atoms with Crippen LogP contribution in [0.25, 0.3) is 6.08 Å². The number of benzene rings is 1. The summed E-state index contributed by atoms with van der Waals surface area (Å²) in [6.45, 7) is 9.37. The Balaban J connectivity index is 2.03. The zero-order valence-corrected chi connectivity index (χ0v) is 15.8. The van der Waals surface area contributed by atoms with E-state index in [1.165, 1.54) is 42.9 Å². The fraction of sp³-hybridized carbons (Fsp3) is 0.579. The molecule has 0 spiro atoms. The Morgan fingerprint density at radius 2 is 1.73 bits per heavy atom. The molecular weight excluding hydrogens is 288 g/mol. The molecule has 0 aliphatic heterocycles.